The Morgan fingerprint density at radius 2 is 1.62 bits per heavy atom. The Morgan fingerprint density at radius 1 is 1.04 bits per heavy atom. The third-order valence-corrected chi connectivity index (χ3v) is 3.75. The summed E-state index contributed by atoms with van der Waals surface area (Å²) < 4.78 is 78.8. The maximum absolute atomic E-state index is 10.8. The smallest absolute Gasteiger partial charge is 0.387 e. The summed E-state index contributed by atoms with van der Waals surface area (Å²) in [6.45, 7) is 2.70. The third-order valence-electron chi connectivity index (χ3n) is 2.85. The van der Waals surface area contributed by atoms with Crippen molar-refractivity contribution in [3.63, 3.8) is 0 Å². The average molecular weight is 396 g/mol. The van der Waals surface area contributed by atoms with Gasteiger partial charge >= 0.3 is 20.8 Å². The lowest BCUT2D eigenvalue weighted by molar-refractivity contribution is -0.297. The van der Waals surface area contributed by atoms with Gasteiger partial charge in [-0.2, -0.15) is 16.8 Å². The molecule has 0 radical (unpaired) electrons. The van der Waals surface area contributed by atoms with Gasteiger partial charge in [-0.3, -0.25) is 9.11 Å². The maximum atomic E-state index is 10.8. The Bertz CT molecular complexity index is 599. The van der Waals surface area contributed by atoms with Gasteiger partial charge in [-0.15, -0.1) is 0 Å². The van der Waals surface area contributed by atoms with E-state index in [4.69, 9.17) is 18.6 Å². The summed E-state index contributed by atoms with van der Waals surface area (Å²) in [6, 6.07) is 0. The van der Waals surface area contributed by atoms with Crippen molar-refractivity contribution in [2.75, 3.05) is 13.2 Å². The fourth-order valence-corrected chi connectivity index (χ4v) is 2.69. The Balaban J connectivity index is 2.94. The largest absolute Gasteiger partial charge is 0.397 e. The molecule has 0 spiro atoms. The van der Waals surface area contributed by atoms with Crippen LogP contribution in [-0.2, 0) is 38.6 Å². The van der Waals surface area contributed by atoms with Crippen molar-refractivity contribution in [1.29, 1.82) is 0 Å². The second kappa shape index (κ2) is 8.31. The summed E-state index contributed by atoms with van der Waals surface area (Å²) in [6.07, 6.45) is -8.69. The van der Waals surface area contributed by atoms with Gasteiger partial charge in [0.15, 0.2) is 6.29 Å². The fourth-order valence-electron chi connectivity index (χ4n) is 1.87. The number of aliphatic hydroxyl groups is 2. The molecule has 0 aromatic carbocycles. The van der Waals surface area contributed by atoms with E-state index in [0.29, 0.717) is 0 Å². The van der Waals surface area contributed by atoms with Gasteiger partial charge in [0.1, 0.15) is 24.4 Å². The van der Waals surface area contributed by atoms with Crippen LogP contribution >= 0.6 is 0 Å². The van der Waals surface area contributed by atoms with E-state index in [1.54, 1.807) is 13.8 Å². The van der Waals surface area contributed by atoms with E-state index in [1.165, 1.54) is 0 Å². The summed E-state index contributed by atoms with van der Waals surface area (Å²) in [5, 5.41) is 20.0. The first kappa shape index (κ1) is 21.6. The van der Waals surface area contributed by atoms with E-state index in [-0.39, 0.29) is 12.5 Å². The second-order valence-corrected chi connectivity index (χ2v) is 7.59. The summed E-state index contributed by atoms with van der Waals surface area (Å²) >= 11 is 0. The summed E-state index contributed by atoms with van der Waals surface area (Å²) in [7, 11) is -9.91. The molecule has 1 heterocycles. The molecule has 1 aliphatic rings. The first-order valence-electron chi connectivity index (χ1n) is 6.71. The van der Waals surface area contributed by atoms with Crippen LogP contribution in [-0.4, -0.2) is 80.1 Å². The molecule has 24 heavy (non-hydrogen) atoms. The first-order chi connectivity index (χ1) is 10.8. The van der Waals surface area contributed by atoms with Crippen LogP contribution in [0.25, 0.3) is 0 Å². The van der Waals surface area contributed by atoms with Crippen LogP contribution in [0.4, 0.5) is 0 Å². The molecule has 0 aromatic rings. The molecular weight excluding hydrogens is 376 g/mol. The number of ether oxygens (including phenoxy) is 2. The molecule has 14 heteroatoms. The van der Waals surface area contributed by atoms with Gasteiger partial charge in [-0.05, 0) is 5.92 Å². The van der Waals surface area contributed by atoms with Gasteiger partial charge in [0.2, 0.25) is 0 Å². The highest BCUT2D eigenvalue weighted by molar-refractivity contribution is 7.81. The van der Waals surface area contributed by atoms with E-state index in [9.17, 15) is 27.0 Å². The molecule has 12 nitrogen and oxygen atoms in total. The third kappa shape index (κ3) is 7.22. The normalized spacial score (nSPS) is 32.2. The van der Waals surface area contributed by atoms with E-state index >= 15 is 0 Å². The lowest BCUT2D eigenvalue weighted by atomic mass is 9.99. The molecule has 0 aliphatic carbocycles. The predicted molar refractivity (Wildman–Crippen MR) is 75.4 cm³/mol. The maximum Gasteiger partial charge on any atom is 0.397 e. The monoisotopic (exact) mass is 396 g/mol. The van der Waals surface area contributed by atoms with Crippen molar-refractivity contribution in [1.82, 2.24) is 0 Å². The molecule has 5 atom stereocenters. The Kier molecular flexibility index (Phi) is 7.48. The number of rotatable bonds is 8. The fraction of sp³-hybridized carbons (Fsp3) is 1.00. The van der Waals surface area contributed by atoms with Gasteiger partial charge < -0.3 is 19.7 Å². The van der Waals surface area contributed by atoms with E-state index in [0.717, 1.165) is 0 Å². The number of aliphatic hydroxyl groups excluding tert-OH is 2. The molecule has 0 unspecified atom stereocenters. The summed E-state index contributed by atoms with van der Waals surface area (Å²) in [5.41, 5.74) is 0. The standard InChI is InChI=1S/C10H20O12S2/c1-5(2)3-19-10-8(12)9(22-24(16,17)18)7(11)6(21-10)4-20-23(13,14)15/h5-12H,3-4H2,1-2H3,(H,13,14,15)(H,16,17,18)/t6-,7+,8-,9+,10-/m1/s1. The highest BCUT2D eigenvalue weighted by atomic mass is 32.3. The van der Waals surface area contributed by atoms with Crippen molar-refractivity contribution in [3.8, 4) is 0 Å². The quantitative estimate of drug-likeness (QED) is 0.335. The minimum absolute atomic E-state index is 0.00103. The molecule has 0 amide bonds. The van der Waals surface area contributed by atoms with Crippen molar-refractivity contribution in [2.45, 2.75) is 44.6 Å². The minimum atomic E-state index is -5.05. The Hall–Kier alpha value is -0.420. The Morgan fingerprint density at radius 3 is 2.08 bits per heavy atom. The van der Waals surface area contributed by atoms with Crippen LogP contribution in [0.5, 0.6) is 0 Å². The van der Waals surface area contributed by atoms with Crippen LogP contribution in [0.1, 0.15) is 13.8 Å². The zero-order valence-electron chi connectivity index (χ0n) is 12.7. The van der Waals surface area contributed by atoms with Crippen molar-refractivity contribution in [2.24, 2.45) is 5.92 Å². The van der Waals surface area contributed by atoms with Gasteiger partial charge in [-0.1, -0.05) is 13.8 Å². The highest BCUT2D eigenvalue weighted by Crippen LogP contribution is 2.26. The number of hydrogen-bond acceptors (Lipinski definition) is 10. The van der Waals surface area contributed by atoms with Crippen LogP contribution in [0.3, 0.4) is 0 Å². The molecule has 1 saturated heterocycles. The predicted octanol–water partition coefficient (Wildman–Crippen LogP) is -1.89. The van der Waals surface area contributed by atoms with E-state index in [2.05, 4.69) is 8.37 Å². The van der Waals surface area contributed by atoms with Crippen LogP contribution in [0.15, 0.2) is 0 Å². The van der Waals surface area contributed by atoms with E-state index < -0.39 is 58.1 Å². The molecule has 1 fully saturated rings. The van der Waals surface area contributed by atoms with Crippen molar-refractivity contribution in [3.05, 3.63) is 0 Å². The first-order valence-corrected chi connectivity index (χ1v) is 9.44. The minimum Gasteiger partial charge on any atom is -0.387 e. The topological polar surface area (TPSA) is 186 Å². The average Bonchev–Trinajstić information content (AvgIpc) is 2.39. The van der Waals surface area contributed by atoms with Gasteiger partial charge in [0.05, 0.1) is 13.2 Å². The highest BCUT2D eigenvalue weighted by Gasteiger charge is 2.48. The molecule has 1 rings (SSSR count). The van der Waals surface area contributed by atoms with E-state index in [1.807, 2.05) is 0 Å². The van der Waals surface area contributed by atoms with Crippen LogP contribution < -0.4 is 0 Å². The van der Waals surface area contributed by atoms with Gasteiger partial charge in [0.25, 0.3) is 0 Å². The Labute approximate surface area is 139 Å². The number of hydrogen-bond donors (Lipinski definition) is 4. The van der Waals surface area contributed by atoms with Gasteiger partial charge in [0, 0.05) is 0 Å². The SMILES string of the molecule is CC(C)CO[C@@H]1O[C@H](COS(=O)(=O)O)[C@H](O)[C@H](OS(=O)(=O)O)[C@H]1O. The zero-order chi connectivity index (χ0) is 18.7. The molecule has 4 N–H and O–H groups in total. The molecule has 0 bridgehead atoms. The second-order valence-electron chi connectivity index (χ2n) is 5.45. The van der Waals surface area contributed by atoms with Crippen LogP contribution in [0, 0.1) is 5.92 Å². The van der Waals surface area contributed by atoms with Crippen molar-refractivity contribution >= 4 is 20.8 Å². The molecule has 0 aromatic heterocycles. The van der Waals surface area contributed by atoms with Crippen molar-refractivity contribution < 1.29 is 54.0 Å². The zero-order valence-corrected chi connectivity index (χ0v) is 14.4. The molecule has 0 saturated carbocycles. The lowest BCUT2D eigenvalue weighted by Gasteiger charge is -2.41. The molecular formula is C10H20O12S2. The summed E-state index contributed by atoms with van der Waals surface area (Å²) in [4.78, 5) is 0. The summed E-state index contributed by atoms with van der Waals surface area (Å²) in [5.74, 6) is 0.00103. The lowest BCUT2D eigenvalue weighted by Crippen LogP contribution is -2.60. The van der Waals surface area contributed by atoms with Crippen LogP contribution in [0.2, 0.25) is 0 Å². The molecule has 1 aliphatic heterocycles. The molecule has 144 valence electrons. The van der Waals surface area contributed by atoms with Gasteiger partial charge in [-0.25, -0.2) is 8.37 Å².